The molecule has 1 aromatic heterocycles. The number of nitrogen functional groups attached to an aromatic ring is 1. The van der Waals surface area contributed by atoms with E-state index in [9.17, 15) is 0 Å². The Hall–Kier alpha value is -1.29. The standard InChI is InChI=1S/C8H14N4/c1-12(6-4-9)8-7(10)3-2-5-11-8/h2-3,5H,4,6,9-10H2,1H3. The van der Waals surface area contributed by atoms with Gasteiger partial charge in [-0.05, 0) is 12.1 Å². The van der Waals surface area contributed by atoms with Crippen molar-refractivity contribution in [1.82, 2.24) is 4.98 Å². The first-order valence-electron chi connectivity index (χ1n) is 3.87. The van der Waals surface area contributed by atoms with Crippen molar-refractivity contribution >= 4 is 11.5 Å². The monoisotopic (exact) mass is 166 g/mol. The molecule has 4 N–H and O–H groups in total. The molecule has 0 spiro atoms. The minimum Gasteiger partial charge on any atom is -0.396 e. The van der Waals surface area contributed by atoms with Crippen molar-refractivity contribution in [1.29, 1.82) is 0 Å². The lowest BCUT2D eigenvalue weighted by atomic mass is 10.3. The molecule has 1 aromatic rings. The predicted octanol–water partition coefficient (Wildman–Crippen LogP) is 0.0587. The van der Waals surface area contributed by atoms with Crippen LogP contribution in [0.15, 0.2) is 18.3 Å². The molecule has 0 aliphatic rings. The van der Waals surface area contributed by atoms with Gasteiger partial charge in [-0.25, -0.2) is 4.98 Å². The Morgan fingerprint density at radius 3 is 2.92 bits per heavy atom. The molecule has 1 heterocycles. The molecule has 0 aromatic carbocycles. The van der Waals surface area contributed by atoms with Crippen LogP contribution in [0.3, 0.4) is 0 Å². The molecule has 0 saturated carbocycles. The van der Waals surface area contributed by atoms with Crippen LogP contribution >= 0.6 is 0 Å². The second-order valence-electron chi connectivity index (χ2n) is 2.63. The highest BCUT2D eigenvalue weighted by molar-refractivity contribution is 5.61. The summed E-state index contributed by atoms with van der Waals surface area (Å²) >= 11 is 0. The van der Waals surface area contributed by atoms with Gasteiger partial charge in [0.25, 0.3) is 0 Å². The Labute approximate surface area is 72.2 Å². The summed E-state index contributed by atoms with van der Waals surface area (Å²) in [4.78, 5) is 6.08. The molecular weight excluding hydrogens is 152 g/mol. The van der Waals surface area contributed by atoms with E-state index in [2.05, 4.69) is 4.98 Å². The Balaban J connectivity index is 2.79. The zero-order valence-electron chi connectivity index (χ0n) is 7.20. The van der Waals surface area contributed by atoms with Crippen LogP contribution in [0.4, 0.5) is 11.5 Å². The Kier molecular flexibility index (Phi) is 2.88. The quantitative estimate of drug-likeness (QED) is 0.666. The maximum atomic E-state index is 5.71. The lowest BCUT2D eigenvalue weighted by Crippen LogP contribution is -2.26. The van der Waals surface area contributed by atoms with E-state index in [1.807, 2.05) is 24.1 Å². The molecule has 0 fully saturated rings. The molecule has 0 aliphatic carbocycles. The van der Waals surface area contributed by atoms with Crippen LogP contribution in [0, 0.1) is 0 Å². The third-order valence-corrected chi connectivity index (χ3v) is 1.64. The predicted molar refractivity (Wildman–Crippen MR) is 51.0 cm³/mol. The molecule has 0 aliphatic heterocycles. The van der Waals surface area contributed by atoms with Gasteiger partial charge in [-0.15, -0.1) is 0 Å². The number of aromatic nitrogens is 1. The number of hydrogen-bond donors (Lipinski definition) is 2. The molecular formula is C8H14N4. The third-order valence-electron chi connectivity index (χ3n) is 1.64. The molecule has 12 heavy (non-hydrogen) atoms. The van der Waals surface area contributed by atoms with Gasteiger partial charge in [0, 0.05) is 26.3 Å². The van der Waals surface area contributed by atoms with Crippen molar-refractivity contribution in [3.63, 3.8) is 0 Å². The molecule has 66 valence electrons. The van der Waals surface area contributed by atoms with Gasteiger partial charge in [0.15, 0.2) is 5.82 Å². The fourth-order valence-electron chi connectivity index (χ4n) is 1.03. The van der Waals surface area contributed by atoms with Crippen molar-refractivity contribution in [2.24, 2.45) is 5.73 Å². The van der Waals surface area contributed by atoms with Crippen LogP contribution in [0.25, 0.3) is 0 Å². The number of nitrogens with two attached hydrogens (primary N) is 2. The van der Waals surface area contributed by atoms with E-state index in [1.54, 1.807) is 6.20 Å². The highest BCUT2D eigenvalue weighted by Crippen LogP contribution is 2.16. The Morgan fingerprint density at radius 2 is 2.33 bits per heavy atom. The molecule has 0 unspecified atom stereocenters. The number of likely N-dealkylation sites (N-methyl/N-ethyl adjacent to an activating group) is 1. The molecule has 0 atom stereocenters. The number of pyridine rings is 1. The van der Waals surface area contributed by atoms with E-state index in [0.717, 1.165) is 12.4 Å². The van der Waals surface area contributed by atoms with Crippen LogP contribution in [0.1, 0.15) is 0 Å². The van der Waals surface area contributed by atoms with E-state index in [-0.39, 0.29) is 0 Å². The topological polar surface area (TPSA) is 68.2 Å². The average Bonchev–Trinajstić information content (AvgIpc) is 2.05. The van der Waals surface area contributed by atoms with Crippen LogP contribution in [-0.4, -0.2) is 25.1 Å². The van der Waals surface area contributed by atoms with E-state index in [0.29, 0.717) is 12.2 Å². The SMILES string of the molecule is CN(CCN)c1ncccc1N. The molecule has 0 radical (unpaired) electrons. The van der Waals surface area contributed by atoms with Crippen LogP contribution in [-0.2, 0) is 0 Å². The molecule has 0 bridgehead atoms. The van der Waals surface area contributed by atoms with Gasteiger partial charge >= 0.3 is 0 Å². The number of nitrogens with zero attached hydrogens (tertiary/aromatic N) is 2. The lowest BCUT2D eigenvalue weighted by molar-refractivity contribution is 0.870. The summed E-state index contributed by atoms with van der Waals surface area (Å²) in [6.45, 7) is 1.37. The second-order valence-corrected chi connectivity index (χ2v) is 2.63. The highest BCUT2D eigenvalue weighted by atomic mass is 15.2. The van der Waals surface area contributed by atoms with E-state index in [4.69, 9.17) is 11.5 Å². The summed E-state index contributed by atoms with van der Waals surface area (Å²) in [5.74, 6) is 0.794. The van der Waals surface area contributed by atoms with E-state index >= 15 is 0 Å². The maximum Gasteiger partial charge on any atom is 0.151 e. The van der Waals surface area contributed by atoms with Crippen LogP contribution in [0.2, 0.25) is 0 Å². The zero-order valence-corrected chi connectivity index (χ0v) is 7.20. The Bertz CT molecular complexity index is 249. The second kappa shape index (κ2) is 3.92. The largest absolute Gasteiger partial charge is 0.396 e. The minimum atomic E-state index is 0.604. The van der Waals surface area contributed by atoms with Crippen molar-refractivity contribution in [2.45, 2.75) is 0 Å². The summed E-state index contributed by atoms with van der Waals surface area (Å²) in [5, 5.41) is 0. The maximum absolute atomic E-state index is 5.71. The molecule has 4 nitrogen and oxygen atoms in total. The van der Waals surface area contributed by atoms with Gasteiger partial charge in [-0.2, -0.15) is 0 Å². The smallest absolute Gasteiger partial charge is 0.151 e. The van der Waals surface area contributed by atoms with E-state index in [1.165, 1.54) is 0 Å². The summed E-state index contributed by atoms with van der Waals surface area (Å²) in [7, 11) is 1.92. The summed E-state index contributed by atoms with van der Waals surface area (Å²) in [5.41, 5.74) is 11.8. The highest BCUT2D eigenvalue weighted by Gasteiger charge is 2.03. The van der Waals surface area contributed by atoms with Gasteiger partial charge in [-0.1, -0.05) is 0 Å². The van der Waals surface area contributed by atoms with Gasteiger partial charge in [-0.3, -0.25) is 0 Å². The first-order valence-corrected chi connectivity index (χ1v) is 3.87. The zero-order chi connectivity index (χ0) is 8.97. The van der Waals surface area contributed by atoms with Crippen LogP contribution < -0.4 is 16.4 Å². The molecule has 0 amide bonds. The fourth-order valence-corrected chi connectivity index (χ4v) is 1.03. The van der Waals surface area contributed by atoms with Gasteiger partial charge in [0.1, 0.15) is 0 Å². The van der Waals surface area contributed by atoms with Crippen molar-refractivity contribution in [3.8, 4) is 0 Å². The van der Waals surface area contributed by atoms with Gasteiger partial charge in [0.05, 0.1) is 5.69 Å². The number of hydrogen-bond acceptors (Lipinski definition) is 4. The fraction of sp³-hybridized carbons (Fsp3) is 0.375. The first kappa shape index (κ1) is 8.80. The van der Waals surface area contributed by atoms with Gasteiger partial charge < -0.3 is 16.4 Å². The average molecular weight is 166 g/mol. The van der Waals surface area contributed by atoms with Crippen LogP contribution in [0.5, 0.6) is 0 Å². The third kappa shape index (κ3) is 1.85. The number of rotatable bonds is 3. The minimum absolute atomic E-state index is 0.604. The molecule has 4 heteroatoms. The first-order chi connectivity index (χ1) is 5.75. The van der Waals surface area contributed by atoms with Gasteiger partial charge in [0.2, 0.25) is 0 Å². The van der Waals surface area contributed by atoms with Crippen molar-refractivity contribution in [3.05, 3.63) is 18.3 Å². The lowest BCUT2D eigenvalue weighted by Gasteiger charge is -2.18. The Morgan fingerprint density at radius 1 is 1.58 bits per heavy atom. The summed E-state index contributed by atoms with van der Waals surface area (Å²) in [6, 6.07) is 3.64. The summed E-state index contributed by atoms with van der Waals surface area (Å²) < 4.78 is 0. The molecule has 0 saturated heterocycles. The van der Waals surface area contributed by atoms with Crippen molar-refractivity contribution < 1.29 is 0 Å². The summed E-state index contributed by atoms with van der Waals surface area (Å²) in [6.07, 6.45) is 1.72. The van der Waals surface area contributed by atoms with Crippen molar-refractivity contribution in [2.75, 3.05) is 30.8 Å². The molecule has 1 rings (SSSR count). The normalized spacial score (nSPS) is 9.83. The number of anilines is 2. The van der Waals surface area contributed by atoms with E-state index < -0.39 is 0 Å².